The summed E-state index contributed by atoms with van der Waals surface area (Å²) in [5.41, 5.74) is 2.50. The van der Waals surface area contributed by atoms with Crippen LogP contribution in [0.2, 0.25) is 0 Å². The molecule has 0 bridgehead atoms. The number of anilines is 1. The van der Waals surface area contributed by atoms with E-state index in [0.717, 1.165) is 5.56 Å². The van der Waals surface area contributed by atoms with Crippen molar-refractivity contribution in [3.8, 4) is 17.0 Å². The Morgan fingerprint density at radius 3 is 2.27 bits per heavy atom. The van der Waals surface area contributed by atoms with Crippen molar-refractivity contribution in [1.82, 2.24) is 10.1 Å². The zero-order chi connectivity index (χ0) is 26.1. The SMILES string of the molecule is COc1ccc(/C(O)=C2/C(=O)C(=O)N(c3ccc(-c4ccon4)cc3)C2C2CCN(C(C)=O)CC2)cc1. The van der Waals surface area contributed by atoms with Crippen LogP contribution in [0.4, 0.5) is 5.69 Å². The van der Waals surface area contributed by atoms with E-state index in [1.807, 2.05) is 12.1 Å². The number of aromatic nitrogens is 1. The van der Waals surface area contributed by atoms with E-state index in [-0.39, 0.29) is 23.2 Å². The predicted octanol–water partition coefficient (Wildman–Crippen LogP) is 3.86. The van der Waals surface area contributed by atoms with Crippen molar-refractivity contribution in [1.29, 1.82) is 0 Å². The number of carbonyl (C=O) groups excluding carboxylic acids is 3. The largest absolute Gasteiger partial charge is 0.507 e. The van der Waals surface area contributed by atoms with Crippen LogP contribution < -0.4 is 9.64 Å². The molecule has 9 heteroatoms. The average Bonchev–Trinajstić information content (AvgIpc) is 3.56. The van der Waals surface area contributed by atoms with E-state index in [0.29, 0.717) is 48.6 Å². The van der Waals surface area contributed by atoms with Crippen molar-refractivity contribution < 1.29 is 28.8 Å². The number of Topliss-reactive ketones (excluding diaryl/α,β-unsaturated/α-hetero) is 1. The molecule has 3 heterocycles. The van der Waals surface area contributed by atoms with Crippen molar-refractivity contribution in [3.05, 3.63) is 72.0 Å². The number of hydrogen-bond acceptors (Lipinski definition) is 7. The zero-order valence-corrected chi connectivity index (χ0v) is 20.6. The number of methoxy groups -OCH3 is 1. The summed E-state index contributed by atoms with van der Waals surface area (Å²) in [6, 6.07) is 14.9. The average molecular weight is 502 g/mol. The third-order valence-corrected chi connectivity index (χ3v) is 7.16. The first kappa shape index (κ1) is 24.3. The van der Waals surface area contributed by atoms with Crippen LogP contribution in [0.25, 0.3) is 17.0 Å². The maximum atomic E-state index is 13.4. The zero-order valence-electron chi connectivity index (χ0n) is 20.6. The summed E-state index contributed by atoms with van der Waals surface area (Å²) in [7, 11) is 1.54. The molecule has 3 aromatic rings. The van der Waals surface area contributed by atoms with Crippen LogP contribution in [0.1, 0.15) is 25.3 Å². The fraction of sp³-hybridized carbons (Fsp3) is 0.286. The number of ether oxygens (including phenoxy) is 1. The normalized spacial score (nSPS) is 19.9. The summed E-state index contributed by atoms with van der Waals surface area (Å²) < 4.78 is 10.1. The Kier molecular flexibility index (Phi) is 6.52. The summed E-state index contributed by atoms with van der Waals surface area (Å²) in [5.74, 6) is -1.17. The van der Waals surface area contributed by atoms with Crippen LogP contribution in [-0.4, -0.2) is 59.0 Å². The predicted molar refractivity (Wildman–Crippen MR) is 136 cm³/mol. The van der Waals surface area contributed by atoms with Crippen LogP contribution in [0, 0.1) is 5.92 Å². The molecule has 1 N–H and O–H groups in total. The van der Waals surface area contributed by atoms with E-state index in [1.54, 1.807) is 54.5 Å². The quantitative estimate of drug-likeness (QED) is 0.321. The molecule has 0 aliphatic carbocycles. The molecule has 9 nitrogen and oxygen atoms in total. The second kappa shape index (κ2) is 9.93. The van der Waals surface area contributed by atoms with Gasteiger partial charge in [0.2, 0.25) is 5.91 Å². The van der Waals surface area contributed by atoms with Gasteiger partial charge < -0.3 is 19.3 Å². The lowest BCUT2D eigenvalue weighted by molar-refractivity contribution is -0.132. The smallest absolute Gasteiger partial charge is 0.299 e. The first-order valence-electron chi connectivity index (χ1n) is 12.1. The number of aliphatic hydroxyl groups excluding tert-OH is 1. The Hall–Kier alpha value is -4.40. The molecule has 1 atom stereocenters. The molecule has 2 saturated heterocycles. The number of nitrogens with zero attached hydrogens (tertiary/aromatic N) is 3. The second-order valence-corrected chi connectivity index (χ2v) is 9.21. The molecule has 2 aromatic carbocycles. The molecule has 2 aliphatic heterocycles. The summed E-state index contributed by atoms with van der Waals surface area (Å²) in [4.78, 5) is 41.9. The van der Waals surface area contributed by atoms with Gasteiger partial charge in [0.1, 0.15) is 23.5 Å². The molecule has 1 unspecified atom stereocenters. The van der Waals surface area contributed by atoms with Crippen LogP contribution in [-0.2, 0) is 14.4 Å². The fourth-order valence-electron chi connectivity index (χ4n) is 5.18. The van der Waals surface area contributed by atoms with E-state index < -0.39 is 17.7 Å². The molecule has 2 fully saturated rings. The van der Waals surface area contributed by atoms with Crippen molar-refractivity contribution in [2.75, 3.05) is 25.1 Å². The Morgan fingerprint density at radius 2 is 1.70 bits per heavy atom. The second-order valence-electron chi connectivity index (χ2n) is 9.21. The lowest BCUT2D eigenvalue weighted by Crippen LogP contribution is -2.45. The number of carbonyl (C=O) groups is 3. The van der Waals surface area contributed by atoms with Gasteiger partial charge in [-0.1, -0.05) is 17.3 Å². The Bertz CT molecular complexity index is 1340. The number of ketones is 1. The van der Waals surface area contributed by atoms with Crippen molar-refractivity contribution >= 4 is 29.0 Å². The first-order chi connectivity index (χ1) is 17.9. The lowest BCUT2D eigenvalue weighted by atomic mass is 9.84. The van der Waals surface area contributed by atoms with E-state index in [9.17, 15) is 19.5 Å². The maximum Gasteiger partial charge on any atom is 0.299 e. The van der Waals surface area contributed by atoms with Gasteiger partial charge in [-0.3, -0.25) is 19.3 Å². The van der Waals surface area contributed by atoms with Gasteiger partial charge >= 0.3 is 0 Å². The van der Waals surface area contributed by atoms with Crippen molar-refractivity contribution in [2.24, 2.45) is 5.92 Å². The number of likely N-dealkylation sites (tertiary alicyclic amines) is 1. The minimum atomic E-state index is -0.729. The molecule has 0 saturated carbocycles. The van der Waals surface area contributed by atoms with Gasteiger partial charge in [-0.15, -0.1) is 0 Å². The number of amides is 2. The number of aliphatic hydroxyl groups is 1. The molecule has 0 spiro atoms. The molecule has 5 rings (SSSR count). The first-order valence-corrected chi connectivity index (χ1v) is 12.1. The van der Waals surface area contributed by atoms with E-state index in [2.05, 4.69) is 5.16 Å². The molecule has 0 radical (unpaired) electrons. The van der Waals surface area contributed by atoms with E-state index in [1.165, 1.54) is 18.1 Å². The van der Waals surface area contributed by atoms with Gasteiger partial charge in [-0.25, -0.2) is 0 Å². The Labute approximate surface area is 213 Å². The standard InChI is InChI=1S/C28H27N3O6/c1-17(32)30-14-11-19(12-15-30)25-24(26(33)20-5-9-22(36-2)10-6-20)27(34)28(35)31(25)21-7-3-18(4-8-21)23-13-16-37-29-23/h3-10,13,16,19,25,33H,11-12,14-15H2,1-2H3/b26-24-. The van der Waals surface area contributed by atoms with Gasteiger partial charge in [0.25, 0.3) is 11.7 Å². The highest BCUT2D eigenvalue weighted by Gasteiger charge is 2.49. The van der Waals surface area contributed by atoms with Crippen LogP contribution in [0.15, 0.2) is 71.0 Å². The highest BCUT2D eigenvalue weighted by atomic mass is 16.5. The Balaban J connectivity index is 1.56. The third-order valence-electron chi connectivity index (χ3n) is 7.16. The van der Waals surface area contributed by atoms with Crippen LogP contribution in [0.5, 0.6) is 5.75 Å². The number of rotatable bonds is 5. The third kappa shape index (κ3) is 4.48. The molecule has 190 valence electrons. The molecule has 2 amide bonds. The lowest BCUT2D eigenvalue weighted by Gasteiger charge is -2.38. The highest BCUT2D eigenvalue weighted by molar-refractivity contribution is 6.51. The van der Waals surface area contributed by atoms with Gasteiger partial charge in [0.15, 0.2) is 0 Å². The molecule has 2 aliphatic rings. The van der Waals surface area contributed by atoms with Gasteiger partial charge in [-0.05, 0) is 55.2 Å². The van der Waals surface area contributed by atoms with Crippen LogP contribution in [0.3, 0.4) is 0 Å². The maximum absolute atomic E-state index is 13.4. The molecule has 1 aromatic heterocycles. The summed E-state index contributed by atoms with van der Waals surface area (Å²) in [5, 5.41) is 15.2. The molecule has 37 heavy (non-hydrogen) atoms. The number of hydrogen-bond donors (Lipinski definition) is 1. The Morgan fingerprint density at radius 1 is 1.03 bits per heavy atom. The van der Waals surface area contributed by atoms with Gasteiger partial charge in [0, 0.05) is 42.9 Å². The van der Waals surface area contributed by atoms with Gasteiger partial charge in [-0.2, -0.15) is 0 Å². The monoisotopic (exact) mass is 501 g/mol. The number of piperidine rings is 1. The fourth-order valence-corrected chi connectivity index (χ4v) is 5.18. The summed E-state index contributed by atoms with van der Waals surface area (Å²) >= 11 is 0. The minimum Gasteiger partial charge on any atom is -0.507 e. The van der Waals surface area contributed by atoms with E-state index >= 15 is 0 Å². The summed E-state index contributed by atoms with van der Waals surface area (Å²) in [6.07, 6.45) is 2.67. The van der Waals surface area contributed by atoms with Crippen molar-refractivity contribution in [2.45, 2.75) is 25.8 Å². The van der Waals surface area contributed by atoms with E-state index in [4.69, 9.17) is 9.26 Å². The highest BCUT2D eigenvalue weighted by Crippen LogP contribution is 2.40. The number of benzene rings is 2. The molecular weight excluding hydrogens is 474 g/mol. The molecular formula is C28H27N3O6. The van der Waals surface area contributed by atoms with Crippen LogP contribution >= 0.6 is 0 Å². The minimum absolute atomic E-state index is 0.00540. The topological polar surface area (TPSA) is 113 Å². The van der Waals surface area contributed by atoms with Crippen molar-refractivity contribution in [3.63, 3.8) is 0 Å². The summed E-state index contributed by atoms with van der Waals surface area (Å²) in [6.45, 7) is 2.58. The van der Waals surface area contributed by atoms with Gasteiger partial charge in [0.05, 0.1) is 18.7 Å².